The number of carbonyl (C=O) groups is 1. The average molecular weight is 295 g/mol. The van der Waals surface area contributed by atoms with Crippen molar-refractivity contribution in [1.82, 2.24) is 5.32 Å². The molecule has 0 aromatic heterocycles. The van der Waals surface area contributed by atoms with Crippen LogP contribution < -0.4 is 10.6 Å². The number of anilines is 1. The van der Waals surface area contributed by atoms with Crippen LogP contribution in [0.3, 0.4) is 0 Å². The summed E-state index contributed by atoms with van der Waals surface area (Å²) in [4.78, 5) is 20.6. The number of rotatable bonds is 5. The van der Waals surface area contributed by atoms with Gasteiger partial charge in [0.15, 0.2) is 0 Å². The van der Waals surface area contributed by atoms with Gasteiger partial charge in [-0.3, -0.25) is 14.9 Å². The molecule has 0 aliphatic rings. The van der Waals surface area contributed by atoms with Gasteiger partial charge in [-0.1, -0.05) is 0 Å². The first-order chi connectivity index (χ1) is 9.19. The molecule has 0 radical (unpaired) electrons. The zero-order valence-corrected chi connectivity index (χ0v) is 9.83. The van der Waals surface area contributed by atoms with E-state index in [9.17, 15) is 32.5 Å². The zero-order valence-electron chi connectivity index (χ0n) is 9.83. The van der Waals surface area contributed by atoms with E-state index < -0.39 is 41.6 Å². The number of nitrogens with zero attached hydrogens (tertiary/aromatic N) is 1. The average Bonchev–Trinajstić information content (AvgIpc) is 2.26. The van der Waals surface area contributed by atoms with Gasteiger partial charge in [0.05, 0.1) is 18.0 Å². The van der Waals surface area contributed by atoms with Crippen molar-refractivity contribution < 1.29 is 27.3 Å². The van der Waals surface area contributed by atoms with E-state index in [0.717, 1.165) is 12.1 Å². The summed E-state index contributed by atoms with van der Waals surface area (Å²) < 4.78 is 48.6. The zero-order chi connectivity index (χ0) is 15.3. The van der Waals surface area contributed by atoms with Crippen LogP contribution in [-0.2, 0) is 4.79 Å². The van der Waals surface area contributed by atoms with Crippen molar-refractivity contribution in [3.05, 3.63) is 34.1 Å². The Labute approximate surface area is 109 Å². The molecule has 6 nitrogen and oxygen atoms in total. The molecule has 1 amide bonds. The molecule has 0 atom stereocenters. The van der Waals surface area contributed by atoms with Crippen LogP contribution in [0, 0.1) is 15.9 Å². The van der Waals surface area contributed by atoms with Crippen molar-refractivity contribution >= 4 is 17.3 Å². The van der Waals surface area contributed by atoms with E-state index in [4.69, 9.17) is 0 Å². The lowest BCUT2D eigenvalue weighted by Crippen LogP contribution is -2.35. The van der Waals surface area contributed by atoms with Crippen LogP contribution in [-0.4, -0.2) is 30.1 Å². The van der Waals surface area contributed by atoms with E-state index in [2.05, 4.69) is 5.32 Å². The lowest BCUT2D eigenvalue weighted by atomic mass is 10.2. The van der Waals surface area contributed by atoms with Crippen LogP contribution in [0.5, 0.6) is 0 Å². The summed E-state index contributed by atoms with van der Waals surface area (Å²) in [5, 5.41) is 14.3. The molecule has 0 aliphatic heterocycles. The van der Waals surface area contributed by atoms with E-state index in [-0.39, 0.29) is 5.69 Å². The molecule has 20 heavy (non-hydrogen) atoms. The number of hydrogen-bond acceptors (Lipinski definition) is 4. The molecule has 0 saturated heterocycles. The Morgan fingerprint density at radius 1 is 1.35 bits per heavy atom. The van der Waals surface area contributed by atoms with Gasteiger partial charge in [-0.15, -0.1) is 0 Å². The Morgan fingerprint density at radius 3 is 2.50 bits per heavy atom. The summed E-state index contributed by atoms with van der Waals surface area (Å²) in [7, 11) is 0. The van der Waals surface area contributed by atoms with Crippen LogP contribution in [0.15, 0.2) is 18.2 Å². The Morgan fingerprint density at radius 2 is 2.00 bits per heavy atom. The van der Waals surface area contributed by atoms with Gasteiger partial charge in [0.2, 0.25) is 11.7 Å². The number of carbonyl (C=O) groups excluding carboxylic acids is 1. The van der Waals surface area contributed by atoms with Crippen molar-refractivity contribution in [3.8, 4) is 0 Å². The van der Waals surface area contributed by atoms with Crippen LogP contribution in [0.2, 0.25) is 0 Å². The molecular weight excluding hydrogens is 286 g/mol. The Kier molecular flexibility index (Phi) is 4.97. The number of halogens is 4. The smallest absolute Gasteiger partial charge is 0.325 e. The fourth-order valence-corrected chi connectivity index (χ4v) is 1.26. The minimum absolute atomic E-state index is 0.0908. The summed E-state index contributed by atoms with van der Waals surface area (Å²) in [6, 6.07) is 2.62. The van der Waals surface area contributed by atoms with E-state index in [1.807, 2.05) is 5.32 Å². The van der Waals surface area contributed by atoms with Gasteiger partial charge in [0, 0.05) is 17.8 Å². The van der Waals surface area contributed by atoms with Gasteiger partial charge in [-0.25, -0.2) is 0 Å². The fourth-order valence-electron chi connectivity index (χ4n) is 1.26. The molecule has 2 N–H and O–H groups in total. The second-order valence-corrected chi connectivity index (χ2v) is 3.69. The maximum atomic E-state index is 13.2. The summed E-state index contributed by atoms with van der Waals surface area (Å²) in [6.45, 7) is -1.97. The summed E-state index contributed by atoms with van der Waals surface area (Å²) >= 11 is 0. The second-order valence-electron chi connectivity index (χ2n) is 3.69. The molecule has 1 aromatic carbocycles. The number of hydrogen-bond donors (Lipinski definition) is 2. The molecule has 0 unspecified atom stereocenters. The first-order valence-corrected chi connectivity index (χ1v) is 5.20. The second kappa shape index (κ2) is 6.28. The van der Waals surface area contributed by atoms with Crippen molar-refractivity contribution in [2.24, 2.45) is 0 Å². The number of alkyl halides is 3. The minimum atomic E-state index is -4.44. The molecular formula is C10H9F4N3O3. The Bertz CT molecular complexity index is 519. The van der Waals surface area contributed by atoms with Gasteiger partial charge in [-0.2, -0.15) is 17.6 Å². The van der Waals surface area contributed by atoms with Gasteiger partial charge in [0.25, 0.3) is 0 Å². The maximum absolute atomic E-state index is 13.2. The minimum Gasteiger partial charge on any atom is -0.325 e. The fraction of sp³-hybridized carbons (Fsp3) is 0.300. The third kappa shape index (κ3) is 5.18. The number of nitrogens with one attached hydrogen (secondary N) is 2. The van der Waals surface area contributed by atoms with Crippen molar-refractivity contribution in [1.29, 1.82) is 0 Å². The molecule has 1 rings (SSSR count). The summed E-state index contributed by atoms with van der Waals surface area (Å²) in [5.74, 6) is -1.99. The predicted molar refractivity (Wildman–Crippen MR) is 60.6 cm³/mol. The number of nitro benzene ring substituents is 1. The van der Waals surface area contributed by atoms with Crippen molar-refractivity contribution in [2.45, 2.75) is 6.18 Å². The largest absolute Gasteiger partial charge is 0.401 e. The number of amides is 1. The molecule has 0 fully saturated rings. The highest BCUT2D eigenvalue weighted by atomic mass is 19.4. The summed E-state index contributed by atoms with van der Waals surface area (Å²) in [6.07, 6.45) is -4.44. The standard InChI is InChI=1S/C10H9F4N3O3/c11-7-3-6(1-2-8(7)17(19)20)16-9(18)4-15-5-10(12,13)14/h1-3,15H,4-5H2,(H,16,18). The quantitative estimate of drug-likeness (QED) is 0.493. The molecule has 0 saturated carbocycles. The van der Waals surface area contributed by atoms with Gasteiger partial charge >= 0.3 is 11.9 Å². The monoisotopic (exact) mass is 295 g/mol. The maximum Gasteiger partial charge on any atom is 0.401 e. The first kappa shape index (κ1) is 15.8. The van der Waals surface area contributed by atoms with Crippen molar-refractivity contribution in [2.75, 3.05) is 18.4 Å². The van der Waals surface area contributed by atoms with Gasteiger partial charge in [-0.05, 0) is 6.07 Å². The van der Waals surface area contributed by atoms with Crippen LogP contribution >= 0.6 is 0 Å². The van der Waals surface area contributed by atoms with Crippen LogP contribution in [0.1, 0.15) is 0 Å². The van der Waals surface area contributed by atoms with E-state index in [1.54, 1.807) is 0 Å². The SMILES string of the molecule is O=C(CNCC(F)(F)F)Nc1ccc([N+](=O)[O-])c(F)c1. The lowest BCUT2D eigenvalue weighted by molar-refractivity contribution is -0.387. The van der Waals surface area contributed by atoms with Crippen LogP contribution in [0.25, 0.3) is 0 Å². The molecule has 1 aromatic rings. The molecule has 0 bridgehead atoms. The number of benzene rings is 1. The Hall–Kier alpha value is -2.23. The molecule has 0 spiro atoms. The third-order valence-corrected chi connectivity index (χ3v) is 2.04. The first-order valence-electron chi connectivity index (χ1n) is 5.20. The van der Waals surface area contributed by atoms with E-state index in [1.165, 1.54) is 0 Å². The molecule has 110 valence electrons. The van der Waals surface area contributed by atoms with Gasteiger partial charge < -0.3 is 10.6 Å². The normalized spacial score (nSPS) is 11.2. The molecule has 10 heteroatoms. The van der Waals surface area contributed by atoms with E-state index >= 15 is 0 Å². The number of nitro groups is 1. The van der Waals surface area contributed by atoms with E-state index in [0.29, 0.717) is 6.07 Å². The predicted octanol–water partition coefficient (Wildman–Crippen LogP) is 1.82. The van der Waals surface area contributed by atoms with Crippen molar-refractivity contribution in [3.63, 3.8) is 0 Å². The highest BCUT2D eigenvalue weighted by Gasteiger charge is 2.26. The Balaban J connectivity index is 2.54. The summed E-state index contributed by atoms with van der Waals surface area (Å²) in [5.41, 5.74) is -0.856. The topological polar surface area (TPSA) is 84.3 Å². The highest BCUT2D eigenvalue weighted by Crippen LogP contribution is 2.20. The lowest BCUT2D eigenvalue weighted by Gasteiger charge is -2.08. The molecule has 0 aliphatic carbocycles. The van der Waals surface area contributed by atoms with Gasteiger partial charge in [0.1, 0.15) is 0 Å². The highest BCUT2D eigenvalue weighted by molar-refractivity contribution is 5.92. The molecule has 0 heterocycles. The van der Waals surface area contributed by atoms with Crippen LogP contribution in [0.4, 0.5) is 28.9 Å². The third-order valence-electron chi connectivity index (χ3n) is 2.04.